The summed E-state index contributed by atoms with van der Waals surface area (Å²) in [5.41, 5.74) is 0.575. The van der Waals surface area contributed by atoms with Gasteiger partial charge in [-0.1, -0.05) is 6.92 Å². The number of benzene rings is 1. The summed E-state index contributed by atoms with van der Waals surface area (Å²) in [5.74, 6) is -0.491. The average molecular weight is 275 g/mol. The van der Waals surface area contributed by atoms with Gasteiger partial charge in [-0.2, -0.15) is 0 Å². The molecule has 1 aromatic rings. The molecule has 0 unspecified atom stereocenters. The standard InChI is InChI=1S/C10H12BrFN2O/c1-2-13-6-10(15)14-7-3-4-9(12)8(11)5-7/h3-5,13H,2,6H2,1H3,(H,14,15). The van der Waals surface area contributed by atoms with Gasteiger partial charge in [-0.05, 0) is 40.7 Å². The molecule has 0 saturated heterocycles. The van der Waals surface area contributed by atoms with E-state index in [2.05, 4.69) is 26.6 Å². The third-order valence-electron chi connectivity index (χ3n) is 1.74. The molecule has 82 valence electrons. The third-order valence-corrected chi connectivity index (χ3v) is 2.35. The van der Waals surface area contributed by atoms with Crippen LogP contribution in [0.4, 0.5) is 10.1 Å². The second-order valence-corrected chi connectivity index (χ2v) is 3.81. The Bertz CT molecular complexity index is 357. The molecule has 5 heteroatoms. The Hall–Kier alpha value is -0.940. The highest BCUT2D eigenvalue weighted by atomic mass is 79.9. The van der Waals surface area contributed by atoms with Crippen molar-refractivity contribution in [2.75, 3.05) is 18.4 Å². The van der Waals surface area contributed by atoms with Crippen molar-refractivity contribution < 1.29 is 9.18 Å². The fraction of sp³-hybridized carbons (Fsp3) is 0.300. The Morgan fingerprint density at radius 1 is 1.53 bits per heavy atom. The molecule has 0 radical (unpaired) electrons. The van der Waals surface area contributed by atoms with Gasteiger partial charge in [-0.25, -0.2) is 4.39 Å². The summed E-state index contributed by atoms with van der Waals surface area (Å²) in [6.45, 7) is 2.91. The van der Waals surface area contributed by atoms with E-state index < -0.39 is 0 Å². The maximum Gasteiger partial charge on any atom is 0.238 e. The predicted octanol–water partition coefficient (Wildman–Crippen LogP) is 2.14. The number of rotatable bonds is 4. The highest BCUT2D eigenvalue weighted by molar-refractivity contribution is 9.10. The van der Waals surface area contributed by atoms with Crippen molar-refractivity contribution in [1.82, 2.24) is 5.32 Å². The SMILES string of the molecule is CCNCC(=O)Nc1ccc(F)c(Br)c1. The molecular weight excluding hydrogens is 263 g/mol. The summed E-state index contributed by atoms with van der Waals surface area (Å²) in [6.07, 6.45) is 0. The quantitative estimate of drug-likeness (QED) is 0.883. The van der Waals surface area contributed by atoms with E-state index in [4.69, 9.17) is 0 Å². The highest BCUT2D eigenvalue weighted by Gasteiger charge is 2.03. The van der Waals surface area contributed by atoms with Gasteiger partial charge in [0.2, 0.25) is 5.91 Å². The van der Waals surface area contributed by atoms with Gasteiger partial charge in [-0.15, -0.1) is 0 Å². The van der Waals surface area contributed by atoms with Crippen molar-refractivity contribution in [3.63, 3.8) is 0 Å². The van der Waals surface area contributed by atoms with Gasteiger partial charge in [0.05, 0.1) is 11.0 Å². The molecule has 0 aliphatic carbocycles. The minimum Gasteiger partial charge on any atom is -0.325 e. The number of nitrogens with one attached hydrogen (secondary N) is 2. The molecule has 15 heavy (non-hydrogen) atoms. The van der Waals surface area contributed by atoms with Crippen molar-refractivity contribution in [3.05, 3.63) is 28.5 Å². The van der Waals surface area contributed by atoms with E-state index in [0.717, 1.165) is 6.54 Å². The zero-order chi connectivity index (χ0) is 11.3. The maximum absolute atomic E-state index is 12.9. The number of carbonyl (C=O) groups excluding carboxylic acids is 1. The van der Waals surface area contributed by atoms with Crippen LogP contribution in [-0.4, -0.2) is 19.0 Å². The van der Waals surface area contributed by atoms with Gasteiger partial charge < -0.3 is 10.6 Å². The van der Waals surface area contributed by atoms with E-state index in [-0.39, 0.29) is 18.3 Å². The molecule has 0 aromatic heterocycles. The van der Waals surface area contributed by atoms with Gasteiger partial charge in [0.25, 0.3) is 0 Å². The summed E-state index contributed by atoms with van der Waals surface area (Å²) in [5, 5.41) is 5.54. The molecule has 1 amide bonds. The Morgan fingerprint density at radius 2 is 2.27 bits per heavy atom. The molecular formula is C10H12BrFN2O. The van der Waals surface area contributed by atoms with Crippen LogP contribution in [0.2, 0.25) is 0 Å². The first kappa shape index (κ1) is 12.1. The van der Waals surface area contributed by atoms with Gasteiger partial charge in [0, 0.05) is 5.69 Å². The zero-order valence-corrected chi connectivity index (χ0v) is 9.90. The number of likely N-dealkylation sites (N-methyl/N-ethyl adjacent to an activating group) is 1. The second kappa shape index (κ2) is 5.82. The highest BCUT2D eigenvalue weighted by Crippen LogP contribution is 2.19. The smallest absolute Gasteiger partial charge is 0.238 e. The monoisotopic (exact) mass is 274 g/mol. The Balaban J connectivity index is 2.57. The van der Waals surface area contributed by atoms with Crippen LogP contribution in [0.15, 0.2) is 22.7 Å². The van der Waals surface area contributed by atoms with Crippen LogP contribution in [0, 0.1) is 5.82 Å². The molecule has 0 spiro atoms. The zero-order valence-electron chi connectivity index (χ0n) is 8.31. The van der Waals surface area contributed by atoms with Crippen LogP contribution in [0.3, 0.4) is 0 Å². The topological polar surface area (TPSA) is 41.1 Å². The normalized spacial score (nSPS) is 10.1. The lowest BCUT2D eigenvalue weighted by molar-refractivity contribution is -0.115. The first-order chi connectivity index (χ1) is 7.13. The van der Waals surface area contributed by atoms with Crippen molar-refractivity contribution in [1.29, 1.82) is 0 Å². The van der Waals surface area contributed by atoms with Gasteiger partial charge in [0.15, 0.2) is 0 Å². The minimum atomic E-state index is -0.348. The summed E-state index contributed by atoms with van der Waals surface area (Å²) >= 11 is 3.05. The lowest BCUT2D eigenvalue weighted by Gasteiger charge is -2.06. The van der Waals surface area contributed by atoms with Crippen LogP contribution in [0.25, 0.3) is 0 Å². The van der Waals surface area contributed by atoms with E-state index in [9.17, 15) is 9.18 Å². The summed E-state index contributed by atoms with van der Waals surface area (Å²) in [4.78, 5) is 11.3. The van der Waals surface area contributed by atoms with Crippen molar-refractivity contribution in [3.8, 4) is 0 Å². The molecule has 0 saturated carbocycles. The summed E-state index contributed by atoms with van der Waals surface area (Å²) < 4.78 is 13.2. The van der Waals surface area contributed by atoms with Crippen LogP contribution in [-0.2, 0) is 4.79 Å². The molecule has 3 nitrogen and oxygen atoms in total. The Morgan fingerprint density at radius 3 is 2.87 bits per heavy atom. The number of anilines is 1. The molecule has 1 aromatic carbocycles. The lowest BCUT2D eigenvalue weighted by atomic mass is 10.3. The number of halogens is 2. The van der Waals surface area contributed by atoms with Crippen LogP contribution in [0.1, 0.15) is 6.92 Å². The van der Waals surface area contributed by atoms with Crippen molar-refractivity contribution >= 4 is 27.5 Å². The van der Waals surface area contributed by atoms with Gasteiger partial charge in [-0.3, -0.25) is 4.79 Å². The fourth-order valence-electron chi connectivity index (χ4n) is 1.02. The van der Waals surface area contributed by atoms with E-state index in [1.165, 1.54) is 18.2 Å². The Labute approximate surface area is 96.2 Å². The first-order valence-corrected chi connectivity index (χ1v) is 5.38. The van der Waals surface area contributed by atoms with E-state index in [1.807, 2.05) is 6.92 Å². The maximum atomic E-state index is 12.9. The molecule has 0 fully saturated rings. The molecule has 0 heterocycles. The van der Waals surface area contributed by atoms with Crippen molar-refractivity contribution in [2.45, 2.75) is 6.92 Å². The third kappa shape index (κ3) is 3.97. The molecule has 0 aliphatic heterocycles. The summed E-state index contributed by atoms with van der Waals surface area (Å²) in [6, 6.07) is 4.34. The van der Waals surface area contributed by atoms with Crippen LogP contribution < -0.4 is 10.6 Å². The predicted molar refractivity (Wildman–Crippen MR) is 61.3 cm³/mol. The molecule has 2 N–H and O–H groups in total. The van der Waals surface area contributed by atoms with Crippen molar-refractivity contribution in [2.24, 2.45) is 0 Å². The lowest BCUT2D eigenvalue weighted by Crippen LogP contribution is -2.27. The Kier molecular flexibility index (Phi) is 4.71. The summed E-state index contributed by atoms with van der Waals surface area (Å²) in [7, 11) is 0. The molecule has 0 bridgehead atoms. The molecule has 0 atom stereocenters. The average Bonchev–Trinajstić information content (AvgIpc) is 2.20. The van der Waals surface area contributed by atoms with E-state index >= 15 is 0 Å². The number of hydrogen-bond donors (Lipinski definition) is 2. The van der Waals surface area contributed by atoms with Gasteiger partial charge in [0.1, 0.15) is 5.82 Å². The van der Waals surface area contributed by atoms with E-state index in [1.54, 1.807) is 0 Å². The van der Waals surface area contributed by atoms with E-state index in [0.29, 0.717) is 10.2 Å². The second-order valence-electron chi connectivity index (χ2n) is 2.96. The first-order valence-electron chi connectivity index (χ1n) is 4.59. The largest absolute Gasteiger partial charge is 0.325 e. The molecule has 0 aliphatic rings. The van der Waals surface area contributed by atoms with Gasteiger partial charge >= 0.3 is 0 Å². The number of amides is 1. The minimum absolute atomic E-state index is 0.143. The van der Waals surface area contributed by atoms with Crippen LogP contribution in [0.5, 0.6) is 0 Å². The number of hydrogen-bond acceptors (Lipinski definition) is 2. The number of carbonyl (C=O) groups is 1. The fourth-order valence-corrected chi connectivity index (χ4v) is 1.40. The van der Waals surface area contributed by atoms with Crippen LogP contribution >= 0.6 is 15.9 Å². The molecule has 1 rings (SSSR count).